The lowest BCUT2D eigenvalue weighted by Crippen LogP contribution is -2.30. The number of terminal acetylenes is 1. The summed E-state index contributed by atoms with van der Waals surface area (Å²) in [4.78, 5) is 15.1. The number of carbonyl (C=O) groups is 1. The number of oxime groups is 1. The zero-order valence-electron chi connectivity index (χ0n) is 6.50. The quantitative estimate of drug-likeness (QED) is 0.340. The molecule has 0 radical (unpaired) electrons. The van der Waals surface area contributed by atoms with Gasteiger partial charge < -0.3 is 10.2 Å². The molecule has 0 fully saturated rings. The lowest BCUT2D eigenvalue weighted by atomic mass is 10.4. The Bertz CT molecular complexity index is 269. The van der Waals surface area contributed by atoms with Crippen LogP contribution in [0.3, 0.4) is 0 Å². The van der Waals surface area contributed by atoms with Gasteiger partial charge >= 0.3 is 0 Å². The van der Waals surface area contributed by atoms with Gasteiger partial charge in [-0.2, -0.15) is 5.26 Å². The van der Waals surface area contributed by atoms with E-state index in [9.17, 15) is 4.79 Å². The number of nitrogens with one attached hydrogen (secondary N) is 1. The smallest absolute Gasteiger partial charge is 0.285 e. The second-order valence-corrected chi connectivity index (χ2v) is 1.62. The highest BCUT2D eigenvalue weighted by Crippen LogP contribution is 1.78. The number of carbonyl (C=O) groups excluding carboxylic acids is 1. The molecule has 0 heterocycles. The Morgan fingerprint density at radius 3 is 2.92 bits per heavy atom. The van der Waals surface area contributed by atoms with Crippen LogP contribution in [0.1, 0.15) is 0 Å². The van der Waals surface area contributed by atoms with Crippen molar-refractivity contribution in [2.24, 2.45) is 5.16 Å². The number of nitrogens with zero attached hydrogens (tertiary/aromatic N) is 2. The normalized spacial score (nSPS) is 9.42. The molecule has 0 aromatic heterocycles. The van der Waals surface area contributed by atoms with E-state index in [-0.39, 0.29) is 12.3 Å². The summed E-state index contributed by atoms with van der Waals surface area (Å²) in [6.45, 7) is 0.0588. The van der Waals surface area contributed by atoms with Crippen molar-refractivity contribution in [1.82, 2.24) is 5.32 Å². The van der Waals surface area contributed by atoms with Crippen LogP contribution in [0, 0.1) is 23.7 Å². The van der Waals surface area contributed by atoms with Crippen LogP contribution in [0.4, 0.5) is 0 Å². The van der Waals surface area contributed by atoms with Crippen LogP contribution in [-0.4, -0.2) is 25.3 Å². The van der Waals surface area contributed by atoms with E-state index in [1.807, 2.05) is 0 Å². The minimum absolute atomic E-state index is 0.0588. The van der Waals surface area contributed by atoms with Crippen molar-refractivity contribution in [3.63, 3.8) is 0 Å². The third-order valence-corrected chi connectivity index (χ3v) is 0.855. The maximum atomic E-state index is 10.9. The third-order valence-electron chi connectivity index (χ3n) is 0.855. The zero-order valence-corrected chi connectivity index (χ0v) is 6.50. The highest BCUT2D eigenvalue weighted by molar-refractivity contribution is 6.45. The zero-order chi connectivity index (χ0) is 9.40. The monoisotopic (exact) mass is 165 g/mol. The molecule has 62 valence electrons. The highest BCUT2D eigenvalue weighted by Gasteiger charge is 2.09. The topological polar surface area (TPSA) is 74.5 Å². The Hall–Kier alpha value is -2.01. The van der Waals surface area contributed by atoms with Crippen molar-refractivity contribution in [2.75, 3.05) is 13.7 Å². The van der Waals surface area contributed by atoms with Gasteiger partial charge in [-0.1, -0.05) is 11.1 Å². The van der Waals surface area contributed by atoms with Crippen LogP contribution < -0.4 is 5.32 Å². The Kier molecular flexibility index (Phi) is 4.79. The van der Waals surface area contributed by atoms with Crippen LogP contribution in [0.5, 0.6) is 0 Å². The van der Waals surface area contributed by atoms with Gasteiger partial charge in [-0.3, -0.25) is 4.79 Å². The summed E-state index contributed by atoms with van der Waals surface area (Å²) >= 11 is 0. The number of hydrogen-bond donors (Lipinski definition) is 1. The molecule has 0 saturated carbocycles. The predicted octanol–water partition coefficient (Wildman–Crippen LogP) is -0.738. The molecule has 1 N–H and O–H groups in total. The SMILES string of the molecule is C#CCNC(=O)/C(C#N)=N/OC. The van der Waals surface area contributed by atoms with E-state index in [1.54, 1.807) is 6.07 Å². The van der Waals surface area contributed by atoms with Crippen LogP contribution in [-0.2, 0) is 9.63 Å². The maximum Gasteiger partial charge on any atom is 0.285 e. The van der Waals surface area contributed by atoms with Gasteiger partial charge in [0.15, 0.2) is 0 Å². The van der Waals surface area contributed by atoms with E-state index in [0.717, 1.165) is 0 Å². The molecule has 5 heteroatoms. The largest absolute Gasteiger partial charge is 0.398 e. The van der Waals surface area contributed by atoms with E-state index in [1.165, 1.54) is 7.11 Å². The van der Waals surface area contributed by atoms with E-state index in [4.69, 9.17) is 11.7 Å². The van der Waals surface area contributed by atoms with Crippen molar-refractivity contribution in [3.05, 3.63) is 0 Å². The maximum absolute atomic E-state index is 10.9. The van der Waals surface area contributed by atoms with Gasteiger partial charge in [-0.25, -0.2) is 0 Å². The molecule has 0 aromatic rings. The molecule has 0 bridgehead atoms. The first-order valence-corrected chi connectivity index (χ1v) is 2.99. The fraction of sp³-hybridized carbons (Fsp3) is 0.286. The molecule has 0 aliphatic rings. The minimum atomic E-state index is -0.641. The van der Waals surface area contributed by atoms with Gasteiger partial charge in [0.25, 0.3) is 5.91 Å². The first-order valence-electron chi connectivity index (χ1n) is 2.99. The van der Waals surface area contributed by atoms with Gasteiger partial charge in [0.05, 0.1) is 6.54 Å². The minimum Gasteiger partial charge on any atom is -0.398 e. The lowest BCUT2D eigenvalue weighted by molar-refractivity contribution is -0.114. The van der Waals surface area contributed by atoms with Crippen molar-refractivity contribution in [3.8, 4) is 18.4 Å². The molecule has 0 rings (SSSR count). The summed E-state index contributed by atoms with van der Waals surface area (Å²) in [5.41, 5.74) is -0.354. The molecule has 0 aliphatic carbocycles. The fourth-order valence-corrected chi connectivity index (χ4v) is 0.419. The molecule has 5 nitrogen and oxygen atoms in total. The fourth-order valence-electron chi connectivity index (χ4n) is 0.419. The summed E-state index contributed by atoms with van der Waals surface area (Å²) in [6, 6.07) is 1.56. The molecule has 12 heavy (non-hydrogen) atoms. The van der Waals surface area contributed by atoms with Gasteiger partial charge in [-0.15, -0.1) is 6.42 Å². The average molecular weight is 165 g/mol. The molecule has 0 aromatic carbocycles. The first kappa shape index (κ1) is 9.99. The first-order chi connectivity index (χ1) is 5.76. The molecule has 0 saturated heterocycles. The average Bonchev–Trinajstić information content (AvgIpc) is 2.10. The van der Waals surface area contributed by atoms with E-state index >= 15 is 0 Å². The van der Waals surface area contributed by atoms with Gasteiger partial charge in [-0.05, 0) is 0 Å². The second-order valence-electron chi connectivity index (χ2n) is 1.62. The number of hydrogen-bond acceptors (Lipinski definition) is 4. The Balaban J connectivity index is 4.18. The van der Waals surface area contributed by atoms with Crippen LogP contribution in [0.25, 0.3) is 0 Å². The summed E-state index contributed by atoms with van der Waals surface area (Å²) < 4.78 is 0. The molecule has 0 aliphatic heterocycles. The molecular formula is C7H7N3O2. The molecule has 1 amide bonds. The number of nitriles is 1. The summed E-state index contributed by atoms with van der Waals surface area (Å²) in [5, 5.41) is 13.8. The Morgan fingerprint density at radius 2 is 2.50 bits per heavy atom. The van der Waals surface area contributed by atoms with E-state index < -0.39 is 5.91 Å². The summed E-state index contributed by atoms with van der Waals surface area (Å²) in [7, 11) is 1.24. The van der Waals surface area contributed by atoms with Gasteiger partial charge in [0, 0.05) is 0 Å². The number of rotatable bonds is 3. The Labute approximate surface area is 70.0 Å². The van der Waals surface area contributed by atoms with Gasteiger partial charge in [0.2, 0.25) is 5.71 Å². The number of amides is 1. The van der Waals surface area contributed by atoms with Crippen molar-refractivity contribution >= 4 is 11.6 Å². The van der Waals surface area contributed by atoms with E-state index in [0.29, 0.717) is 0 Å². The Morgan fingerprint density at radius 1 is 1.83 bits per heavy atom. The molecule has 0 atom stereocenters. The molecule has 0 spiro atoms. The third kappa shape index (κ3) is 3.23. The molecular weight excluding hydrogens is 158 g/mol. The highest BCUT2D eigenvalue weighted by atomic mass is 16.6. The van der Waals surface area contributed by atoms with Gasteiger partial charge in [0.1, 0.15) is 13.2 Å². The van der Waals surface area contributed by atoms with E-state index in [2.05, 4.69) is 21.2 Å². The van der Waals surface area contributed by atoms with Crippen LogP contribution >= 0.6 is 0 Å². The van der Waals surface area contributed by atoms with Crippen molar-refractivity contribution in [2.45, 2.75) is 0 Å². The van der Waals surface area contributed by atoms with Crippen LogP contribution in [0.15, 0.2) is 5.16 Å². The summed E-state index contributed by atoms with van der Waals surface area (Å²) in [5.74, 6) is 1.54. The van der Waals surface area contributed by atoms with Crippen molar-refractivity contribution < 1.29 is 9.63 Å². The standard InChI is InChI=1S/C7H7N3O2/c1-3-4-9-7(11)6(5-8)10-12-2/h1H,4H2,2H3,(H,9,11)/b10-6+. The summed E-state index contributed by atoms with van der Waals surface area (Å²) in [6.07, 6.45) is 4.87. The van der Waals surface area contributed by atoms with Crippen LogP contribution in [0.2, 0.25) is 0 Å². The van der Waals surface area contributed by atoms with Crippen molar-refractivity contribution in [1.29, 1.82) is 5.26 Å². The predicted molar refractivity (Wildman–Crippen MR) is 41.9 cm³/mol. The molecule has 0 unspecified atom stereocenters. The second kappa shape index (κ2) is 5.75. The lowest BCUT2D eigenvalue weighted by Gasteiger charge is -1.96.